The van der Waals surface area contributed by atoms with Crippen molar-refractivity contribution in [3.05, 3.63) is 434 Å². The van der Waals surface area contributed by atoms with Gasteiger partial charge in [0.15, 0.2) is 0 Å². The molecule has 0 N–H and O–H groups in total. The Morgan fingerprint density at radius 1 is 0.142 bits per heavy atom. The molecular weight excluding hydrogens is 1540 g/mol. The van der Waals surface area contributed by atoms with Crippen LogP contribution in [0, 0.1) is 0 Å². The molecule has 0 unspecified atom stereocenters. The molecule has 3 aliphatic rings. The fourth-order valence-electron chi connectivity index (χ4n) is 20.9. The van der Waals surface area contributed by atoms with Crippen LogP contribution in [0.2, 0.25) is 0 Å². The van der Waals surface area contributed by atoms with E-state index in [1.807, 2.05) is 48.5 Å². The average molecular weight is 1620 g/mol. The molecule has 20 aromatic carbocycles. The predicted molar refractivity (Wildman–Crippen MR) is 532 cm³/mol. The lowest BCUT2D eigenvalue weighted by Crippen LogP contribution is -2.15. The van der Waals surface area contributed by atoms with Gasteiger partial charge in [-0.3, -0.25) is 0 Å². The molecule has 0 fully saturated rings. The molecule has 0 radical (unpaired) electrons. The van der Waals surface area contributed by atoms with E-state index in [1.165, 1.54) is 153 Å². The van der Waals surface area contributed by atoms with Gasteiger partial charge in [-0.25, -0.2) is 29.9 Å². The molecule has 6 nitrogen and oxygen atoms in total. The van der Waals surface area contributed by atoms with Gasteiger partial charge < -0.3 is 0 Å². The molecule has 23 aromatic rings. The van der Waals surface area contributed by atoms with Crippen molar-refractivity contribution in [1.29, 1.82) is 0 Å². The molecule has 3 heterocycles. The number of fused-ring (bicyclic) bond motifs is 23. The maximum absolute atomic E-state index is 5.28. The van der Waals surface area contributed by atoms with Gasteiger partial charge in [0.1, 0.15) is 0 Å². The molecule has 0 aliphatic heterocycles. The number of nitrogens with zero attached hydrogens (tertiary/aromatic N) is 6. The molecule has 0 saturated carbocycles. The van der Waals surface area contributed by atoms with Gasteiger partial charge in [-0.1, -0.05) is 357 Å². The fourth-order valence-corrected chi connectivity index (χ4v) is 20.9. The highest BCUT2D eigenvalue weighted by Gasteiger charge is 2.39. The van der Waals surface area contributed by atoms with Crippen LogP contribution in [-0.4, -0.2) is 29.9 Å². The van der Waals surface area contributed by atoms with Crippen LogP contribution in [0.15, 0.2) is 400 Å². The summed E-state index contributed by atoms with van der Waals surface area (Å²) in [7, 11) is 0. The smallest absolute Gasteiger partial charge is 0.0973 e. The summed E-state index contributed by atoms with van der Waals surface area (Å²) in [6.07, 6.45) is 0. The molecule has 0 bridgehead atoms. The van der Waals surface area contributed by atoms with E-state index in [2.05, 4.69) is 393 Å². The SMILES string of the molecule is CC1(C)c2cc(-c3nc4ccccc4nc3-c3ccc(-c4ccc5ccccc5c4)cc3)ccc2-c2cc3ccccc3cc21.CC1(C)c2ccccc2-c2ccc(-c3nc4ccccc4nc3-c3ccc4c(ccc5ccccc54)c3)cc21.CC1(C)c2ccccc2-c2ccc(-c3nc4ccccc4nc3-c3ccc4c5ccccc5c5ccccc5c4c3)cc21. The minimum atomic E-state index is -0.128. The van der Waals surface area contributed by atoms with Crippen LogP contribution in [0.5, 0.6) is 0 Å². The monoisotopic (exact) mass is 1620 g/mol. The maximum Gasteiger partial charge on any atom is 0.0973 e. The molecule has 3 aliphatic carbocycles. The highest BCUT2D eigenvalue weighted by atomic mass is 14.9. The Morgan fingerprint density at radius 2 is 0.409 bits per heavy atom. The molecule has 0 atom stereocenters. The van der Waals surface area contributed by atoms with Gasteiger partial charge in [-0.2, -0.15) is 0 Å². The Kier molecular flexibility index (Phi) is 17.3. The summed E-state index contributed by atoms with van der Waals surface area (Å²) < 4.78 is 0. The summed E-state index contributed by atoms with van der Waals surface area (Å²) >= 11 is 0. The summed E-state index contributed by atoms with van der Waals surface area (Å²) in [5, 5.41) is 17.6. The van der Waals surface area contributed by atoms with Crippen molar-refractivity contribution in [2.24, 2.45) is 0 Å². The number of rotatable bonds is 7. The third kappa shape index (κ3) is 12.4. The van der Waals surface area contributed by atoms with E-state index in [0.29, 0.717) is 0 Å². The third-order valence-electron chi connectivity index (χ3n) is 27.5. The number of para-hydroxylation sites is 6. The van der Waals surface area contributed by atoms with Gasteiger partial charge in [-0.05, 0) is 238 Å². The minimum Gasteiger partial charge on any atom is -0.244 e. The standard InChI is InChI=1S/C43H30N2.C41H28N2.C37H26N2/c1-43(2)37-26-34(21-22-35(37)36-24-31-11-5-6-12-32(31)25-38(36)43)42-41(44-39-13-7-8-14-40(39)45-42)29-18-15-28(16-19-29)33-20-17-27-9-3-4-10-30(27)23-33;1-41(2)35-16-8-7-15-32(35)33-22-20-26(24-36(33)41)40-39(42-37-17-9-10-18-38(37)43-40)25-19-21-31-29-13-4-3-11-27(29)28-12-5-6-14-30(28)34(31)23-25;1-37(2)31-12-6-5-11-29(31)30-20-18-26(22-32(30)37)36-35(38-33-13-7-8-14-34(33)39-36)25-17-19-28-24(21-25)16-15-23-9-3-4-10-27(23)28/h3-26H,1-2H3;3-24H,1-2H3;3-22H,1-2H3. The second-order valence-electron chi connectivity index (χ2n) is 35.9. The Hall–Kier alpha value is -15.8. The first-order valence-corrected chi connectivity index (χ1v) is 44.0. The Balaban J connectivity index is 0.000000107. The van der Waals surface area contributed by atoms with Crippen LogP contribution in [-0.2, 0) is 16.2 Å². The zero-order valence-electron chi connectivity index (χ0n) is 71.3. The van der Waals surface area contributed by atoms with Crippen LogP contribution in [0.4, 0.5) is 0 Å². The molecule has 127 heavy (non-hydrogen) atoms. The first-order chi connectivity index (χ1) is 62.2. The Morgan fingerprint density at radius 3 is 0.890 bits per heavy atom. The maximum atomic E-state index is 5.28. The lowest BCUT2D eigenvalue weighted by molar-refractivity contribution is 0.660. The topological polar surface area (TPSA) is 77.3 Å². The van der Waals surface area contributed by atoms with E-state index in [-0.39, 0.29) is 16.2 Å². The molecule has 26 rings (SSSR count). The third-order valence-corrected chi connectivity index (χ3v) is 27.5. The van der Waals surface area contributed by atoms with Crippen LogP contribution in [0.1, 0.15) is 74.9 Å². The van der Waals surface area contributed by atoms with Crippen LogP contribution in [0.25, 0.3) is 221 Å². The van der Waals surface area contributed by atoms with Gasteiger partial charge in [0.25, 0.3) is 0 Å². The van der Waals surface area contributed by atoms with Gasteiger partial charge in [-0.15, -0.1) is 0 Å². The van der Waals surface area contributed by atoms with Crippen molar-refractivity contribution in [3.8, 4) is 112 Å². The highest BCUT2D eigenvalue weighted by molar-refractivity contribution is 6.26. The molecule has 0 saturated heterocycles. The molecular formula is C121H84N6. The van der Waals surface area contributed by atoms with Crippen molar-refractivity contribution >= 4 is 109 Å². The highest BCUT2D eigenvalue weighted by Crippen LogP contribution is 2.55. The zero-order chi connectivity index (χ0) is 85.0. The van der Waals surface area contributed by atoms with E-state index in [9.17, 15) is 0 Å². The van der Waals surface area contributed by atoms with Crippen LogP contribution >= 0.6 is 0 Å². The molecule has 598 valence electrons. The first-order valence-electron chi connectivity index (χ1n) is 44.0. The summed E-state index contributed by atoms with van der Waals surface area (Å²) in [5.41, 5.74) is 35.5. The second kappa shape index (κ2) is 29.2. The number of benzene rings is 20. The van der Waals surface area contributed by atoms with Gasteiger partial charge in [0, 0.05) is 49.6 Å². The number of hydrogen-bond donors (Lipinski definition) is 0. The van der Waals surface area contributed by atoms with Crippen molar-refractivity contribution in [2.45, 2.75) is 57.8 Å². The lowest BCUT2D eigenvalue weighted by Gasteiger charge is -2.22. The van der Waals surface area contributed by atoms with Crippen LogP contribution in [0.3, 0.4) is 0 Å². The summed E-state index contributed by atoms with van der Waals surface area (Å²) in [6, 6.07) is 144. The largest absolute Gasteiger partial charge is 0.244 e. The van der Waals surface area contributed by atoms with Crippen molar-refractivity contribution in [2.75, 3.05) is 0 Å². The fraction of sp³-hybridized carbons (Fsp3) is 0.0744. The Bertz CT molecular complexity index is 8530. The molecule has 6 heteroatoms. The predicted octanol–water partition coefficient (Wildman–Crippen LogP) is 31.5. The minimum absolute atomic E-state index is 0.0730. The zero-order valence-corrected chi connectivity index (χ0v) is 71.3. The van der Waals surface area contributed by atoms with Gasteiger partial charge >= 0.3 is 0 Å². The van der Waals surface area contributed by atoms with E-state index < -0.39 is 0 Å². The summed E-state index contributed by atoms with van der Waals surface area (Å²) in [5.74, 6) is 0. The Labute approximate surface area is 737 Å². The quantitative estimate of drug-likeness (QED) is 0.148. The number of hydrogen-bond acceptors (Lipinski definition) is 6. The van der Waals surface area contributed by atoms with Crippen LogP contribution < -0.4 is 0 Å². The average Bonchev–Trinajstić information content (AvgIpc) is 1.65. The molecule has 0 spiro atoms. The van der Waals surface area contributed by atoms with Gasteiger partial charge in [0.05, 0.1) is 67.3 Å². The van der Waals surface area contributed by atoms with Crippen molar-refractivity contribution in [3.63, 3.8) is 0 Å². The molecule has 0 amide bonds. The summed E-state index contributed by atoms with van der Waals surface area (Å²) in [6.45, 7) is 14.0. The van der Waals surface area contributed by atoms with E-state index in [1.54, 1.807) is 0 Å². The van der Waals surface area contributed by atoms with E-state index in [4.69, 9.17) is 29.9 Å². The molecule has 3 aromatic heterocycles. The van der Waals surface area contributed by atoms with E-state index in [0.717, 1.165) is 101 Å². The van der Waals surface area contributed by atoms with Gasteiger partial charge in [0.2, 0.25) is 0 Å². The second-order valence-corrected chi connectivity index (χ2v) is 35.9. The van der Waals surface area contributed by atoms with Crippen molar-refractivity contribution < 1.29 is 0 Å². The number of aromatic nitrogens is 6. The van der Waals surface area contributed by atoms with Crippen molar-refractivity contribution in [1.82, 2.24) is 29.9 Å². The van der Waals surface area contributed by atoms with E-state index >= 15 is 0 Å². The normalized spacial score (nSPS) is 13.5. The lowest BCUT2D eigenvalue weighted by atomic mass is 9.81. The first kappa shape index (κ1) is 75.0. The summed E-state index contributed by atoms with van der Waals surface area (Å²) in [4.78, 5) is 31.4.